The van der Waals surface area contributed by atoms with Crippen LogP contribution in [0.15, 0.2) is 23.8 Å². The highest BCUT2D eigenvalue weighted by atomic mass is 35.5. The summed E-state index contributed by atoms with van der Waals surface area (Å²) in [5.74, 6) is 1.85. The van der Waals surface area contributed by atoms with Crippen molar-refractivity contribution in [2.24, 2.45) is 29.1 Å². The number of hydrogen-bond donors (Lipinski definition) is 1. The Kier molecular flexibility index (Phi) is 13.8. The molecule has 1 saturated carbocycles. The molecule has 1 aromatic carbocycles. The molecule has 1 amide bonds. The second kappa shape index (κ2) is 15.7. The van der Waals surface area contributed by atoms with E-state index in [1.807, 2.05) is 44.2 Å². The van der Waals surface area contributed by atoms with Gasteiger partial charge >= 0.3 is 0 Å². The molecule has 204 valence electrons. The second-order valence-electron chi connectivity index (χ2n) is 10.3. The minimum atomic E-state index is -0.300. The van der Waals surface area contributed by atoms with Crippen LogP contribution in [0, 0.1) is 40.4 Å². The maximum Gasteiger partial charge on any atom is 0.223 e. The summed E-state index contributed by atoms with van der Waals surface area (Å²) < 4.78 is 0. The van der Waals surface area contributed by atoms with Crippen molar-refractivity contribution in [1.29, 1.82) is 5.26 Å². The van der Waals surface area contributed by atoms with Gasteiger partial charge in [0.2, 0.25) is 5.91 Å². The van der Waals surface area contributed by atoms with Crippen molar-refractivity contribution in [2.45, 2.75) is 87.0 Å². The van der Waals surface area contributed by atoms with Crippen LogP contribution in [0.3, 0.4) is 0 Å². The summed E-state index contributed by atoms with van der Waals surface area (Å²) >= 11 is 5.98. The average molecular weight is 529 g/mol. The van der Waals surface area contributed by atoms with Crippen molar-refractivity contribution in [1.82, 2.24) is 5.32 Å². The van der Waals surface area contributed by atoms with Crippen molar-refractivity contribution in [3.05, 3.63) is 39.9 Å². The molecule has 6 heteroatoms. The van der Waals surface area contributed by atoms with Gasteiger partial charge in [0, 0.05) is 30.3 Å². The van der Waals surface area contributed by atoms with Crippen LogP contribution in [0.1, 0.15) is 91.7 Å². The van der Waals surface area contributed by atoms with Crippen molar-refractivity contribution in [3.63, 3.8) is 0 Å². The summed E-state index contributed by atoms with van der Waals surface area (Å²) in [5.41, 5.74) is 3.69. The van der Waals surface area contributed by atoms with Crippen molar-refractivity contribution in [3.8, 4) is 6.07 Å². The van der Waals surface area contributed by atoms with Crippen LogP contribution in [-0.4, -0.2) is 24.5 Å². The van der Waals surface area contributed by atoms with Gasteiger partial charge in [-0.2, -0.15) is 5.26 Å². The first-order valence-corrected chi connectivity index (χ1v) is 14.1. The van der Waals surface area contributed by atoms with E-state index in [0.717, 1.165) is 52.7 Å². The van der Waals surface area contributed by atoms with E-state index in [1.165, 1.54) is 12.8 Å². The predicted octanol–water partition coefficient (Wildman–Crippen LogP) is 7.21. The summed E-state index contributed by atoms with van der Waals surface area (Å²) in [6, 6.07) is 7.81. The van der Waals surface area contributed by atoms with Gasteiger partial charge in [-0.15, -0.1) is 0 Å². The molecule has 4 rings (SSSR count). The molecule has 0 radical (unpaired) electrons. The second-order valence-corrected chi connectivity index (χ2v) is 10.7. The largest absolute Gasteiger partial charge is 0.356 e. The monoisotopic (exact) mass is 528 g/mol. The molecule has 0 bridgehead atoms. The fourth-order valence-corrected chi connectivity index (χ4v) is 5.81. The van der Waals surface area contributed by atoms with Gasteiger partial charge in [-0.3, -0.25) is 9.59 Å². The first-order valence-electron chi connectivity index (χ1n) is 13.7. The van der Waals surface area contributed by atoms with Crippen LogP contribution in [0.2, 0.25) is 5.02 Å². The number of nitrogens with one attached hydrogen (secondary N) is 1. The topological polar surface area (TPSA) is 87.0 Å². The normalized spacial score (nSPS) is 22.6. The number of rotatable bonds is 7. The summed E-state index contributed by atoms with van der Waals surface area (Å²) in [5, 5.41) is 12.1. The summed E-state index contributed by atoms with van der Waals surface area (Å²) in [6.07, 6.45) is 7.65. The molecule has 3 aliphatic rings. The van der Waals surface area contributed by atoms with E-state index < -0.39 is 0 Å². The minimum Gasteiger partial charge on any atom is -0.356 e. The number of carbonyl (C=O) groups is 3. The number of halogens is 1. The smallest absolute Gasteiger partial charge is 0.223 e. The fraction of sp³-hybridized carbons (Fsp3) is 0.613. The number of allylic oxidation sites excluding steroid dienone is 1. The molecule has 1 saturated heterocycles. The third-order valence-electron chi connectivity index (χ3n) is 7.76. The van der Waals surface area contributed by atoms with Crippen LogP contribution in [0.5, 0.6) is 0 Å². The molecule has 1 aliphatic heterocycles. The Bertz CT molecular complexity index is 981. The van der Waals surface area contributed by atoms with E-state index in [4.69, 9.17) is 16.9 Å². The molecule has 0 spiro atoms. The van der Waals surface area contributed by atoms with Gasteiger partial charge in [-0.25, -0.2) is 0 Å². The number of carbonyl (C=O) groups excluding carboxylic acids is 3. The van der Waals surface area contributed by atoms with Gasteiger partial charge < -0.3 is 10.1 Å². The SMILES string of the molecule is CC.CC(=O)C1=Cc2c(Cl)cccc2C1.CCC1C(CC)C1(C)C.N#CC(CC=O)CC1CCNC1=O. The number of fused-ring (bicyclic) bond motifs is 1. The van der Waals surface area contributed by atoms with E-state index in [1.54, 1.807) is 6.92 Å². The molecule has 1 N–H and O–H groups in total. The molecule has 1 heterocycles. The fourth-order valence-electron chi connectivity index (χ4n) is 5.56. The quantitative estimate of drug-likeness (QED) is 0.378. The van der Waals surface area contributed by atoms with Gasteiger partial charge in [0.25, 0.3) is 0 Å². The number of amides is 1. The summed E-state index contributed by atoms with van der Waals surface area (Å²) in [6.45, 7) is 15.7. The van der Waals surface area contributed by atoms with Crippen LogP contribution in [0.25, 0.3) is 6.08 Å². The van der Waals surface area contributed by atoms with E-state index >= 15 is 0 Å². The van der Waals surface area contributed by atoms with Crippen molar-refractivity contribution >= 4 is 35.7 Å². The molecular weight excluding hydrogens is 484 g/mol. The average Bonchev–Trinajstić information content (AvgIpc) is 3.22. The standard InChI is InChI=1S/C11H9ClO.C9H12N2O2.C9H18.C2H6/c1-7(13)9-5-8-3-2-4-11(12)10(8)6-9;10-6-7(2-4-12)5-8-1-3-11-9(8)13;1-5-7-8(6-2)9(7,3)4;1-2/h2-4,6H,5H2,1H3;4,7-8H,1-3,5H2,(H,11,13);7-8H,5-6H2,1-4H3;1-2H3. The van der Waals surface area contributed by atoms with Gasteiger partial charge in [0.1, 0.15) is 6.29 Å². The Balaban J connectivity index is 0.000000273. The number of nitriles is 1. The first kappa shape index (κ1) is 32.6. The highest BCUT2D eigenvalue weighted by Gasteiger charge is 2.54. The Labute approximate surface area is 229 Å². The Morgan fingerprint density at radius 3 is 2.27 bits per heavy atom. The van der Waals surface area contributed by atoms with E-state index in [2.05, 4.69) is 33.0 Å². The summed E-state index contributed by atoms with van der Waals surface area (Å²) in [7, 11) is 0. The number of ketones is 1. The zero-order valence-corrected chi connectivity index (χ0v) is 24.5. The number of aldehydes is 1. The van der Waals surface area contributed by atoms with Crippen LogP contribution in [-0.2, 0) is 20.8 Å². The van der Waals surface area contributed by atoms with Crippen LogP contribution < -0.4 is 5.32 Å². The molecule has 4 atom stereocenters. The maximum absolute atomic E-state index is 11.1. The van der Waals surface area contributed by atoms with E-state index in [0.29, 0.717) is 18.4 Å². The lowest BCUT2D eigenvalue weighted by molar-refractivity contribution is -0.123. The molecule has 4 unspecified atom stereocenters. The zero-order chi connectivity index (χ0) is 28.2. The van der Waals surface area contributed by atoms with Crippen LogP contribution >= 0.6 is 11.6 Å². The number of benzene rings is 1. The van der Waals surface area contributed by atoms with Crippen LogP contribution in [0.4, 0.5) is 0 Å². The third kappa shape index (κ3) is 9.11. The lowest BCUT2D eigenvalue weighted by atomic mass is 9.92. The first-order chi connectivity index (χ1) is 17.6. The van der Waals surface area contributed by atoms with Gasteiger partial charge in [0.15, 0.2) is 5.78 Å². The van der Waals surface area contributed by atoms with Gasteiger partial charge in [-0.05, 0) is 65.9 Å². The Hall–Kier alpha value is -2.45. The van der Waals surface area contributed by atoms with E-state index in [-0.39, 0.29) is 29.9 Å². The van der Waals surface area contributed by atoms with Crippen molar-refractivity contribution in [2.75, 3.05) is 6.54 Å². The summed E-state index contributed by atoms with van der Waals surface area (Å²) in [4.78, 5) is 32.4. The van der Waals surface area contributed by atoms with Gasteiger partial charge in [-0.1, -0.05) is 78.1 Å². The molecule has 5 nitrogen and oxygen atoms in total. The molecule has 0 aromatic heterocycles. The predicted molar refractivity (Wildman–Crippen MR) is 152 cm³/mol. The highest BCUT2D eigenvalue weighted by molar-refractivity contribution is 6.32. The molecular formula is C31H45ClN2O3. The molecule has 1 aromatic rings. The van der Waals surface area contributed by atoms with Gasteiger partial charge in [0.05, 0.1) is 12.0 Å². The zero-order valence-electron chi connectivity index (χ0n) is 23.7. The molecule has 2 aliphatic carbocycles. The number of Topliss-reactive ketones (excluding diaryl/α,β-unsaturated/α-hetero) is 1. The van der Waals surface area contributed by atoms with E-state index in [9.17, 15) is 14.4 Å². The Morgan fingerprint density at radius 1 is 1.24 bits per heavy atom. The Morgan fingerprint density at radius 2 is 1.86 bits per heavy atom. The third-order valence-corrected chi connectivity index (χ3v) is 8.09. The lowest BCUT2D eigenvalue weighted by Gasteiger charge is -2.08. The minimum absolute atomic E-state index is 0.0196. The van der Waals surface area contributed by atoms with Crippen molar-refractivity contribution < 1.29 is 14.4 Å². The maximum atomic E-state index is 11.1. The molecule has 37 heavy (non-hydrogen) atoms. The number of hydrogen-bond acceptors (Lipinski definition) is 4. The molecule has 2 fully saturated rings. The lowest BCUT2D eigenvalue weighted by Crippen LogP contribution is -2.20. The highest BCUT2D eigenvalue weighted by Crippen LogP contribution is 2.61. The number of nitrogens with zero attached hydrogens (tertiary/aromatic N) is 1.